The van der Waals surface area contributed by atoms with Crippen LogP contribution in [0.15, 0.2) is 33.5 Å². The lowest BCUT2D eigenvalue weighted by molar-refractivity contribution is 0.0791. The normalized spacial score (nSPS) is 18.4. The van der Waals surface area contributed by atoms with Gasteiger partial charge in [0, 0.05) is 30.8 Å². The Bertz CT molecular complexity index is 753. The molecule has 0 bridgehead atoms. The molecule has 0 spiro atoms. The van der Waals surface area contributed by atoms with Crippen LogP contribution >= 0.6 is 0 Å². The van der Waals surface area contributed by atoms with Gasteiger partial charge < -0.3 is 20.8 Å². The first-order valence-electron chi connectivity index (χ1n) is 6.90. The highest BCUT2D eigenvalue weighted by molar-refractivity contribution is 5.97. The van der Waals surface area contributed by atoms with Gasteiger partial charge >= 0.3 is 0 Å². The number of likely N-dealkylation sites (tertiary alicyclic amines) is 1. The summed E-state index contributed by atoms with van der Waals surface area (Å²) in [6.07, 6.45) is 0.807. The summed E-state index contributed by atoms with van der Waals surface area (Å²) in [6.45, 7) is 1.37. The maximum absolute atomic E-state index is 12.4. The Balaban J connectivity index is 1.99. The second-order valence-corrected chi connectivity index (χ2v) is 5.29. The predicted molar refractivity (Wildman–Crippen MR) is 78.9 cm³/mol. The van der Waals surface area contributed by atoms with Gasteiger partial charge in [-0.25, -0.2) is 0 Å². The number of rotatable bonds is 2. The van der Waals surface area contributed by atoms with Crippen LogP contribution in [0.3, 0.4) is 0 Å². The molecule has 0 radical (unpaired) electrons. The Morgan fingerprint density at radius 2 is 2.19 bits per heavy atom. The highest BCUT2D eigenvalue weighted by atomic mass is 16.3. The minimum Gasteiger partial charge on any atom is -0.459 e. The number of hydrogen-bond acceptors (Lipinski definition) is 5. The van der Waals surface area contributed by atoms with Gasteiger partial charge in [0.25, 0.3) is 5.91 Å². The van der Waals surface area contributed by atoms with Crippen molar-refractivity contribution < 1.29 is 9.21 Å². The van der Waals surface area contributed by atoms with E-state index in [-0.39, 0.29) is 23.9 Å². The van der Waals surface area contributed by atoms with Crippen molar-refractivity contribution >= 4 is 16.9 Å². The van der Waals surface area contributed by atoms with Crippen molar-refractivity contribution in [1.82, 2.24) is 4.90 Å². The SMILES string of the molecule is NCc1cc(=O)c2cc(C(=O)N3CC[C@@H](N)C3)ccc2o1. The van der Waals surface area contributed by atoms with Crippen LogP contribution in [0.2, 0.25) is 0 Å². The molecule has 1 aromatic carbocycles. The van der Waals surface area contributed by atoms with Gasteiger partial charge in [-0.2, -0.15) is 0 Å². The predicted octanol–water partition coefficient (Wildman–Crippen LogP) is 0.425. The quantitative estimate of drug-likeness (QED) is 0.833. The third kappa shape index (κ3) is 2.55. The number of carbonyl (C=O) groups is 1. The van der Waals surface area contributed by atoms with E-state index in [4.69, 9.17) is 15.9 Å². The zero-order valence-corrected chi connectivity index (χ0v) is 11.5. The molecule has 0 unspecified atom stereocenters. The Labute approximate surface area is 121 Å². The van der Waals surface area contributed by atoms with E-state index in [0.717, 1.165) is 6.42 Å². The molecule has 110 valence electrons. The molecule has 2 heterocycles. The Hall–Kier alpha value is -2.18. The van der Waals surface area contributed by atoms with E-state index in [1.54, 1.807) is 23.1 Å². The van der Waals surface area contributed by atoms with Crippen molar-refractivity contribution in [2.24, 2.45) is 11.5 Å². The van der Waals surface area contributed by atoms with Crippen molar-refractivity contribution in [2.75, 3.05) is 13.1 Å². The van der Waals surface area contributed by atoms with Crippen LogP contribution in [-0.4, -0.2) is 29.9 Å². The molecule has 0 aliphatic carbocycles. The van der Waals surface area contributed by atoms with Gasteiger partial charge in [-0.05, 0) is 24.6 Å². The number of benzene rings is 1. The van der Waals surface area contributed by atoms with E-state index in [0.29, 0.717) is 35.4 Å². The molecule has 3 rings (SSSR count). The maximum atomic E-state index is 12.4. The Kier molecular flexibility index (Phi) is 3.48. The minimum atomic E-state index is -0.190. The van der Waals surface area contributed by atoms with Crippen LogP contribution in [0.25, 0.3) is 11.0 Å². The van der Waals surface area contributed by atoms with Gasteiger partial charge in [0.05, 0.1) is 11.9 Å². The maximum Gasteiger partial charge on any atom is 0.253 e. The lowest BCUT2D eigenvalue weighted by Crippen LogP contribution is -2.31. The summed E-state index contributed by atoms with van der Waals surface area (Å²) in [4.78, 5) is 26.1. The topological polar surface area (TPSA) is 103 Å². The average molecular weight is 287 g/mol. The molecule has 1 fully saturated rings. The van der Waals surface area contributed by atoms with Crippen LogP contribution in [0.4, 0.5) is 0 Å². The van der Waals surface area contributed by atoms with Crippen molar-refractivity contribution in [1.29, 1.82) is 0 Å². The first-order valence-corrected chi connectivity index (χ1v) is 6.90. The van der Waals surface area contributed by atoms with E-state index in [1.807, 2.05) is 0 Å². The number of hydrogen-bond donors (Lipinski definition) is 2. The van der Waals surface area contributed by atoms with Crippen LogP contribution in [0.5, 0.6) is 0 Å². The summed E-state index contributed by atoms with van der Waals surface area (Å²) < 4.78 is 5.50. The average Bonchev–Trinajstić information content (AvgIpc) is 2.92. The van der Waals surface area contributed by atoms with Crippen molar-refractivity contribution in [3.05, 3.63) is 45.8 Å². The Morgan fingerprint density at radius 1 is 1.38 bits per heavy atom. The summed E-state index contributed by atoms with van der Waals surface area (Å²) in [5.41, 5.74) is 12.0. The number of fused-ring (bicyclic) bond motifs is 1. The fraction of sp³-hybridized carbons (Fsp3) is 0.333. The van der Waals surface area contributed by atoms with Crippen molar-refractivity contribution in [3.63, 3.8) is 0 Å². The monoisotopic (exact) mass is 287 g/mol. The third-order valence-electron chi connectivity index (χ3n) is 3.74. The summed E-state index contributed by atoms with van der Waals surface area (Å²) in [6, 6.07) is 6.28. The van der Waals surface area contributed by atoms with Gasteiger partial charge in [-0.15, -0.1) is 0 Å². The molecule has 4 N–H and O–H groups in total. The van der Waals surface area contributed by atoms with Crippen LogP contribution < -0.4 is 16.9 Å². The highest BCUT2D eigenvalue weighted by Crippen LogP contribution is 2.18. The summed E-state index contributed by atoms with van der Waals surface area (Å²) in [5.74, 6) is 0.323. The van der Waals surface area contributed by atoms with E-state index >= 15 is 0 Å². The third-order valence-corrected chi connectivity index (χ3v) is 3.74. The molecular formula is C15H17N3O3. The van der Waals surface area contributed by atoms with Crippen molar-refractivity contribution in [2.45, 2.75) is 19.0 Å². The molecule has 1 aromatic heterocycles. The molecule has 6 nitrogen and oxygen atoms in total. The number of nitrogens with zero attached hydrogens (tertiary/aromatic N) is 1. The number of nitrogens with two attached hydrogens (primary N) is 2. The minimum absolute atomic E-state index is 0.0339. The zero-order chi connectivity index (χ0) is 15.0. The number of amides is 1. The molecule has 1 aliphatic rings. The first-order chi connectivity index (χ1) is 10.1. The molecule has 1 aliphatic heterocycles. The number of carbonyl (C=O) groups excluding carboxylic acids is 1. The van der Waals surface area contributed by atoms with Crippen LogP contribution in [0, 0.1) is 0 Å². The zero-order valence-electron chi connectivity index (χ0n) is 11.5. The fourth-order valence-electron chi connectivity index (χ4n) is 2.59. The first kappa shape index (κ1) is 13.8. The lowest BCUT2D eigenvalue weighted by Gasteiger charge is -2.15. The standard InChI is InChI=1S/C15H17N3O3/c16-7-11-6-13(19)12-5-9(1-2-14(12)21-11)15(20)18-4-3-10(17)8-18/h1-2,5-6,10H,3-4,7-8,16-17H2/t10-/m1/s1. The molecule has 1 atom stereocenters. The molecule has 2 aromatic rings. The van der Waals surface area contributed by atoms with Gasteiger partial charge in [-0.1, -0.05) is 0 Å². The van der Waals surface area contributed by atoms with Gasteiger partial charge in [0.1, 0.15) is 11.3 Å². The molecule has 1 saturated heterocycles. The largest absolute Gasteiger partial charge is 0.459 e. The second-order valence-electron chi connectivity index (χ2n) is 5.29. The van der Waals surface area contributed by atoms with E-state index in [2.05, 4.69) is 0 Å². The second kappa shape index (κ2) is 5.31. The molecule has 6 heteroatoms. The molecular weight excluding hydrogens is 270 g/mol. The summed E-state index contributed by atoms with van der Waals surface area (Å²) >= 11 is 0. The van der Waals surface area contributed by atoms with Gasteiger partial charge in [0.2, 0.25) is 0 Å². The molecule has 0 saturated carbocycles. The van der Waals surface area contributed by atoms with Crippen LogP contribution in [-0.2, 0) is 6.54 Å². The summed E-state index contributed by atoms with van der Waals surface area (Å²) in [7, 11) is 0. The van der Waals surface area contributed by atoms with Crippen LogP contribution in [0.1, 0.15) is 22.5 Å². The van der Waals surface area contributed by atoms with E-state index in [9.17, 15) is 9.59 Å². The highest BCUT2D eigenvalue weighted by Gasteiger charge is 2.24. The fourth-order valence-corrected chi connectivity index (χ4v) is 2.59. The Morgan fingerprint density at radius 3 is 2.86 bits per heavy atom. The molecule has 1 amide bonds. The molecule has 21 heavy (non-hydrogen) atoms. The van der Waals surface area contributed by atoms with Gasteiger partial charge in [-0.3, -0.25) is 9.59 Å². The van der Waals surface area contributed by atoms with E-state index < -0.39 is 0 Å². The smallest absolute Gasteiger partial charge is 0.253 e. The van der Waals surface area contributed by atoms with Gasteiger partial charge in [0.15, 0.2) is 5.43 Å². The summed E-state index contributed by atoms with van der Waals surface area (Å²) in [5, 5.41) is 0.390. The lowest BCUT2D eigenvalue weighted by atomic mass is 10.1. The van der Waals surface area contributed by atoms with Crippen molar-refractivity contribution in [3.8, 4) is 0 Å². The van der Waals surface area contributed by atoms with E-state index in [1.165, 1.54) is 6.07 Å².